The number of pyridine rings is 1. The molecule has 1 N–H and O–H groups in total. The summed E-state index contributed by atoms with van der Waals surface area (Å²) in [5.41, 5.74) is 4.10. The van der Waals surface area contributed by atoms with E-state index in [0.29, 0.717) is 5.88 Å². The molecule has 1 aromatic carbocycles. The van der Waals surface area contributed by atoms with Gasteiger partial charge < -0.3 is 9.72 Å². The summed E-state index contributed by atoms with van der Waals surface area (Å²) in [5, 5.41) is 0.879. The van der Waals surface area contributed by atoms with Crippen molar-refractivity contribution in [2.24, 2.45) is 0 Å². The third-order valence-corrected chi connectivity index (χ3v) is 3.80. The van der Waals surface area contributed by atoms with Gasteiger partial charge in [0.25, 0.3) is 0 Å². The van der Waals surface area contributed by atoms with Gasteiger partial charge in [-0.3, -0.25) is 0 Å². The fourth-order valence-corrected chi connectivity index (χ4v) is 2.60. The molecule has 0 radical (unpaired) electrons. The fraction of sp³-hybridized carbons (Fsp3) is 0.0556. The van der Waals surface area contributed by atoms with Crippen LogP contribution in [0.1, 0.15) is 0 Å². The summed E-state index contributed by atoms with van der Waals surface area (Å²) in [7, 11) is 1.58. The first kappa shape index (κ1) is 14.3. The number of benzene rings is 1. The standard InChI is InChI=1S/C18H13FN4O/c1-24-16-7-4-12(9-20-16)17-14-8-15(23-18(14)22-10-21-17)11-2-5-13(19)6-3-11/h2-10H,1H3,(H,21,22,23). The minimum Gasteiger partial charge on any atom is -0.481 e. The maximum atomic E-state index is 13.1. The highest BCUT2D eigenvalue weighted by atomic mass is 19.1. The zero-order valence-electron chi connectivity index (χ0n) is 12.8. The molecule has 0 bridgehead atoms. The summed E-state index contributed by atoms with van der Waals surface area (Å²) in [6, 6.07) is 12.0. The molecule has 0 aliphatic heterocycles. The number of halogens is 1. The Balaban J connectivity index is 1.83. The quantitative estimate of drug-likeness (QED) is 0.623. The number of methoxy groups -OCH3 is 1. The second-order valence-corrected chi connectivity index (χ2v) is 5.26. The smallest absolute Gasteiger partial charge is 0.212 e. The molecule has 118 valence electrons. The van der Waals surface area contributed by atoms with E-state index >= 15 is 0 Å². The average Bonchev–Trinajstić information content (AvgIpc) is 3.06. The predicted octanol–water partition coefficient (Wildman–Crippen LogP) is 3.83. The van der Waals surface area contributed by atoms with Crippen molar-refractivity contribution in [1.82, 2.24) is 19.9 Å². The van der Waals surface area contributed by atoms with Crippen molar-refractivity contribution in [2.75, 3.05) is 7.11 Å². The molecule has 4 aromatic rings. The lowest BCUT2D eigenvalue weighted by molar-refractivity contribution is 0.398. The molecular weight excluding hydrogens is 307 g/mol. The lowest BCUT2D eigenvalue weighted by Crippen LogP contribution is -1.90. The largest absolute Gasteiger partial charge is 0.481 e. The Labute approximate surface area is 137 Å². The molecule has 3 aromatic heterocycles. The second kappa shape index (κ2) is 5.73. The van der Waals surface area contributed by atoms with E-state index in [1.54, 1.807) is 31.5 Å². The number of aromatic nitrogens is 4. The van der Waals surface area contributed by atoms with E-state index in [1.807, 2.05) is 12.1 Å². The van der Waals surface area contributed by atoms with Gasteiger partial charge in [0.05, 0.1) is 12.8 Å². The van der Waals surface area contributed by atoms with E-state index in [1.165, 1.54) is 18.5 Å². The van der Waals surface area contributed by atoms with Crippen molar-refractivity contribution in [3.8, 4) is 28.4 Å². The van der Waals surface area contributed by atoms with Crippen molar-refractivity contribution in [2.45, 2.75) is 0 Å². The van der Waals surface area contributed by atoms with E-state index in [9.17, 15) is 4.39 Å². The van der Waals surface area contributed by atoms with E-state index in [0.717, 1.165) is 33.5 Å². The van der Waals surface area contributed by atoms with Gasteiger partial charge in [-0.2, -0.15) is 0 Å². The summed E-state index contributed by atoms with van der Waals surface area (Å²) in [6.45, 7) is 0. The van der Waals surface area contributed by atoms with Crippen molar-refractivity contribution < 1.29 is 9.13 Å². The van der Waals surface area contributed by atoms with Crippen LogP contribution in [0.25, 0.3) is 33.5 Å². The molecule has 0 unspecified atom stereocenters. The Bertz CT molecular complexity index is 994. The molecule has 6 heteroatoms. The summed E-state index contributed by atoms with van der Waals surface area (Å²) in [5.74, 6) is 0.282. The molecule has 0 saturated heterocycles. The highest BCUT2D eigenvalue weighted by Crippen LogP contribution is 2.29. The minimum absolute atomic E-state index is 0.264. The van der Waals surface area contributed by atoms with Crippen LogP contribution in [0.2, 0.25) is 0 Å². The van der Waals surface area contributed by atoms with Crippen LogP contribution in [-0.4, -0.2) is 27.0 Å². The Morgan fingerprint density at radius 2 is 1.75 bits per heavy atom. The molecule has 4 rings (SSSR count). The highest BCUT2D eigenvalue weighted by Gasteiger charge is 2.11. The molecule has 0 spiro atoms. The van der Waals surface area contributed by atoms with Gasteiger partial charge in [0.15, 0.2) is 0 Å². The fourth-order valence-electron chi connectivity index (χ4n) is 2.60. The topological polar surface area (TPSA) is 63.7 Å². The number of rotatable bonds is 3. The van der Waals surface area contributed by atoms with Crippen LogP contribution in [-0.2, 0) is 0 Å². The maximum Gasteiger partial charge on any atom is 0.212 e. The molecule has 24 heavy (non-hydrogen) atoms. The monoisotopic (exact) mass is 320 g/mol. The molecule has 0 aliphatic rings. The summed E-state index contributed by atoms with van der Waals surface area (Å²) in [6.07, 6.45) is 3.22. The van der Waals surface area contributed by atoms with Gasteiger partial charge in [-0.1, -0.05) is 0 Å². The molecule has 0 atom stereocenters. The van der Waals surface area contributed by atoms with Crippen molar-refractivity contribution in [3.63, 3.8) is 0 Å². The van der Waals surface area contributed by atoms with Crippen LogP contribution in [0.5, 0.6) is 5.88 Å². The van der Waals surface area contributed by atoms with Gasteiger partial charge in [0, 0.05) is 28.9 Å². The van der Waals surface area contributed by atoms with Crippen molar-refractivity contribution >= 4 is 11.0 Å². The first-order chi connectivity index (χ1) is 11.7. The number of aromatic amines is 1. The Morgan fingerprint density at radius 3 is 2.46 bits per heavy atom. The Hall–Kier alpha value is -3.28. The SMILES string of the molecule is COc1ccc(-c2ncnc3[nH]c(-c4ccc(F)cc4)cc23)cn1. The van der Waals surface area contributed by atoms with Crippen LogP contribution in [0.4, 0.5) is 4.39 Å². The van der Waals surface area contributed by atoms with Crippen LogP contribution < -0.4 is 4.74 Å². The number of hydrogen-bond acceptors (Lipinski definition) is 4. The second-order valence-electron chi connectivity index (χ2n) is 5.26. The summed E-state index contributed by atoms with van der Waals surface area (Å²) in [4.78, 5) is 16.1. The molecule has 0 saturated carbocycles. The van der Waals surface area contributed by atoms with E-state index < -0.39 is 0 Å². The lowest BCUT2D eigenvalue weighted by atomic mass is 10.1. The number of fused-ring (bicyclic) bond motifs is 1. The average molecular weight is 320 g/mol. The van der Waals surface area contributed by atoms with Crippen LogP contribution in [0.15, 0.2) is 55.0 Å². The first-order valence-electron chi connectivity index (χ1n) is 7.34. The van der Waals surface area contributed by atoms with E-state index in [4.69, 9.17) is 4.74 Å². The Morgan fingerprint density at radius 1 is 0.958 bits per heavy atom. The lowest BCUT2D eigenvalue weighted by Gasteiger charge is -2.02. The molecule has 0 fully saturated rings. The zero-order valence-corrected chi connectivity index (χ0v) is 12.8. The predicted molar refractivity (Wildman–Crippen MR) is 89.1 cm³/mol. The molecule has 0 amide bonds. The van der Waals surface area contributed by atoms with Crippen LogP contribution in [0.3, 0.4) is 0 Å². The van der Waals surface area contributed by atoms with Gasteiger partial charge >= 0.3 is 0 Å². The number of hydrogen-bond donors (Lipinski definition) is 1. The van der Waals surface area contributed by atoms with Gasteiger partial charge in [-0.05, 0) is 42.0 Å². The van der Waals surface area contributed by atoms with Crippen LogP contribution >= 0.6 is 0 Å². The zero-order chi connectivity index (χ0) is 16.5. The highest BCUT2D eigenvalue weighted by molar-refractivity contribution is 5.93. The molecule has 0 aliphatic carbocycles. The van der Waals surface area contributed by atoms with Gasteiger partial charge in [-0.15, -0.1) is 0 Å². The molecular formula is C18H13FN4O. The molecule has 5 nitrogen and oxygen atoms in total. The van der Waals surface area contributed by atoms with Gasteiger partial charge in [0.2, 0.25) is 5.88 Å². The van der Waals surface area contributed by atoms with Crippen LogP contribution in [0, 0.1) is 5.82 Å². The number of nitrogens with zero attached hydrogens (tertiary/aromatic N) is 3. The minimum atomic E-state index is -0.264. The van der Waals surface area contributed by atoms with Crippen molar-refractivity contribution in [1.29, 1.82) is 0 Å². The number of H-pyrrole nitrogens is 1. The molecule has 3 heterocycles. The van der Waals surface area contributed by atoms with Gasteiger partial charge in [0.1, 0.15) is 17.8 Å². The van der Waals surface area contributed by atoms with E-state index in [-0.39, 0.29) is 5.82 Å². The summed E-state index contributed by atoms with van der Waals surface area (Å²) < 4.78 is 18.2. The number of ether oxygens (including phenoxy) is 1. The summed E-state index contributed by atoms with van der Waals surface area (Å²) >= 11 is 0. The third kappa shape index (κ3) is 2.48. The number of nitrogens with one attached hydrogen (secondary N) is 1. The van der Waals surface area contributed by atoms with Gasteiger partial charge in [-0.25, -0.2) is 19.3 Å². The Kier molecular flexibility index (Phi) is 3.42. The van der Waals surface area contributed by atoms with Crippen molar-refractivity contribution in [3.05, 3.63) is 60.8 Å². The maximum absolute atomic E-state index is 13.1. The normalized spacial score (nSPS) is 10.9. The first-order valence-corrected chi connectivity index (χ1v) is 7.34. The van der Waals surface area contributed by atoms with E-state index in [2.05, 4.69) is 19.9 Å². The third-order valence-electron chi connectivity index (χ3n) is 3.80.